The van der Waals surface area contributed by atoms with E-state index < -0.39 is 0 Å². The predicted octanol–water partition coefficient (Wildman–Crippen LogP) is 3.26. The van der Waals surface area contributed by atoms with E-state index in [1.165, 1.54) is 5.56 Å². The Hall–Kier alpha value is -3.21. The fourth-order valence-corrected chi connectivity index (χ4v) is 2.29. The molecular weight excluding hydrogens is 314 g/mol. The molecule has 2 aromatic carbocycles. The lowest BCUT2D eigenvalue weighted by Crippen LogP contribution is -2.28. The number of aryl methyl sites for hydroxylation is 1. The lowest BCUT2D eigenvalue weighted by molar-refractivity contribution is 0.0946. The van der Waals surface area contributed by atoms with Crippen LogP contribution in [-0.4, -0.2) is 29.3 Å². The fraction of sp³-hybridized carbons (Fsp3) is 0.150. The molecule has 3 rings (SSSR count). The van der Waals surface area contributed by atoms with Crippen molar-refractivity contribution in [1.82, 2.24) is 15.5 Å². The number of amides is 1. The lowest BCUT2D eigenvalue weighted by Gasteiger charge is -2.07. The number of rotatable bonds is 6. The lowest BCUT2D eigenvalue weighted by atomic mass is 10.1. The molecule has 0 fully saturated rings. The van der Waals surface area contributed by atoms with E-state index in [9.17, 15) is 4.79 Å². The van der Waals surface area contributed by atoms with Gasteiger partial charge in [-0.15, -0.1) is 10.2 Å². The Bertz CT molecular complexity index is 816. The number of carbonyl (C=O) groups is 1. The zero-order chi connectivity index (χ0) is 17.5. The van der Waals surface area contributed by atoms with Crippen LogP contribution in [0.15, 0.2) is 66.7 Å². The van der Waals surface area contributed by atoms with Crippen molar-refractivity contribution in [3.05, 3.63) is 77.9 Å². The van der Waals surface area contributed by atoms with Gasteiger partial charge in [-0.3, -0.25) is 4.79 Å². The summed E-state index contributed by atoms with van der Waals surface area (Å²) in [4.78, 5) is 11.9. The molecule has 126 valence electrons. The van der Waals surface area contributed by atoms with E-state index in [2.05, 4.69) is 15.5 Å². The van der Waals surface area contributed by atoms with Crippen molar-refractivity contribution in [3.63, 3.8) is 0 Å². The van der Waals surface area contributed by atoms with Crippen LogP contribution in [0.4, 0.5) is 0 Å². The van der Waals surface area contributed by atoms with E-state index >= 15 is 0 Å². The largest absolute Gasteiger partial charge is 0.475 e. The number of hydrogen-bond acceptors (Lipinski definition) is 4. The molecule has 3 aromatic rings. The number of ether oxygens (including phenoxy) is 1. The SMILES string of the molecule is Cc1ccc(-c2ccc(OCCNC(=O)c3ccccc3)nn2)cc1. The topological polar surface area (TPSA) is 64.1 Å². The molecule has 0 aliphatic carbocycles. The first-order chi connectivity index (χ1) is 12.2. The van der Waals surface area contributed by atoms with Crippen molar-refractivity contribution < 1.29 is 9.53 Å². The molecule has 1 amide bonds. The Morgan fingerprint density at radius 1 is 0.960 bits per heavy atom. The summed E-state index contributed by atoms with van der Waals surface area (Å²) in [5.74, 6) is 0.315. The van der Waals surface area contributed by atoms with Crippen LogP contribution in [0.1, 0.15) is 15.9 Å². The standard InChI is InChI=1S/C20H19N3O2/c1-15-7-9-16(10-8-15)18-11-12-19(23-22-18)25-14-13-21-20(24)17-5-3-2-4-6-17/h2-12H,13-14H2,1H3,(H,21,24). The van der Waals surface area contributed by atoms with E-state index in [0.717, 1.165) is 11.3 Å². The average Bonchev–Trinajstić information content (AvgIpc) is 2.67. The summed E-state index contributed by atoms with van der Waals surface area (Å²) in [6.07, 6.45) is 0. The molecule has 0 spiro atoms. The number of hydrogen-bond donors (Lipinski definition) is 1. The molecule has 25 heavy (non-hydrogen) atoms. The second kappa shape index (κ2) is 8.06. The van der Waals surface area contributed by atoms with Gasteiger partial charge in [0.2, 0.25) is 5.88 Å². The van der Waals surface area contributed by atoms with Crippen LogP contribution in [0.5, 0.6) is 5.88 Å². The third-order valence-corrected chi connectivity index (χ3v) is 3.66. The molecule has 5 heteroatoms. The van der Waals surface area contributed by atoms with Crippen LogP contribution in [0.3, 0.4) is 0 Å². The van der Waals surface area contributed by atoms with Crippen LogP contribution in [0, 0.1) is 6.92 Å². The van der Waals surface area contributed by atoms with Gasteiger partial charge in [-0.25, -0.2) is 0 Å². The zero-order valence-corrected chi connectivity index (χ0v) is 14.0. The Balaban J connectivity index is 1.47. The molecule has 1 heterocycles. The normalized spacial score (nSPS) is 10.3. The molecule has 0 saturated heterocycles. The Kier molecular flexibility index (Phi) is 5.36. The molecule has 0 radical (unpaired) electrons. The highest BCUT2D eigenvalue weighted by Gasteiger charge is 2.04. The Morgan fingerprint density at radius 3 is 2.40 bits per heavy atom. The molecular formula is C20H19N3O2. The maximum Gasteiger partial charge on any atom is 0.251 e. The van der Waals surface area contributed by atoms with E-state index in [1.54, 1.807) is 18.2 Å². The van der Waals surface area contributed by atoms with E-state index in [1.807, 2.05) is 55.5 Å². The molecule has 0 aliphatic rings. The van der Waals surface area contributed by atoms with Gasteiger partial charge in [0.1, 0.15) is 6.61 Å². The second-order valence-electron chi connectivity index (χ2n) is 5.59. The van der Waals surface area contributed by atoms with Crippen molar-refractivity contribution in [1.29, 1.82) is 0 Å². The van der Waals surface area contributed by atoms with E-state index in [0.29, 0.717) is 24.6 Å². The number of carbonyl (C=O) groups excluding carboxylic acids is 1. The van der Waals surface area contributed by atoms with Gasteiger partial charge in [-0.2, -0.15) is 0 Å². The first-order valence-electron chi connectivity index (χ1n) is 8.09. The van der Waals surface area contributed by atoms with Gasteiger partial charge in [0, 0.05) is 17.2 Å². The van der Waals surface area contributed by atoms with Crippen molar-refractivity contribution in [2.75, 3.05) is 13.2 Å². The van der Waals surface area contributed by atoms with Crippen molar-refractivity contribution in [3.8, 4) is 17.1 Å². The highest BCUT2D eigenvalue weighted by molar-refractivity contribution is 5.94. The summed E-state index contributed by atoms with van der Waals surface area (Å²) in [5, 5.41) is 11.0. The minimum atomic E-state index is -0.120. The number of aromatic nitrogens is 2. The minimum absolute atomic E-state index is 0.120. The minimum Gasteiger partial charge on any atom is -0.475 e. The summed E-state index contributed by atoms with van der Waals surface area (Å²) >= 11 is 0. The van der Waals surface area contributed by atoms with Crippen LogP contribution in [0.25, 0.3) is 11.3 Å². The molecule has 0 atom stereocenters. The summed E-state index contributed by atoms with van der Waals surface area (Å²) in [5.41, 5.74) is 3.64. The molecule has 0 saturated carbocycles. The average molecular weight is 333 g/mol. The molecule has 0 aliphatic heterocycles. The summed E-state index contributed by atoms with van der Waals surface area (Å²) in [7, 11) is 0. The molecule has 1 N–H and O–H groups in total. The highest BCUT2D eigenvalue weighted by Crippen LogP contribution is 2.18. The van der Waals surface area contributed by atoms with Crippen molar-refractivity contribution >= 4 is 5.91 Å². The van der Waals surface area contributed by atoms with Gasteiger partial charge in [-0.1, -0.05) is 48.0 Å². The maximum absolute atomic E-state index is 11.9. The van der Waals surface area contributed by atoms with Crippen LogP contribution >= 0.6 is 0 Å². The first kappa shape index (κ1) is 16.6. The van der Waals surface area contributed by atoms with Gasteiger partial charge in [0.25, 0.3) is 5.91 Å². The van der Waals surface area contributed by atoms with Crippen LogP contribution < -0.4 is 10.1 Å². The van der Waals surface area contributed by atoms with Gasteiger partial charge < -0.3 is 10.1 Å². The first-order valence-corrected chi connectivity index (χ1v) is 8.09. The van der Waals surface area contributed by atoms with Gasteiger partial charge in [-0.05, 0) is 25.1 Å². The molecule has 1 aromatic heterocycles. The third-order valence-electron chi connectivity index (χ3n) is 3.66. The summed E-state index contributed by atoms with van der Waals surface area (Å²) < 4.78 is 5.51. The van der Waals surface area contributed by atoms with E-state index in [4.69, 9.17) is 4.74 Å². The van der Waals surface area contributed by atoms with Crippen molar-refractivity contribution in [2.45, 2.75) is 6.92 Å². The molecule has 0 unspecified atom stereocenters. The monoisotopic (exact) mass is 333 g/mol. The fourth-order valence-electron chi connectivity index (χ4n) is 2.29. The van der Waals surface area contributed by atoms with Crippen LogP contribution in [-0.2, 0) is 0 Å². The van der Waals surface area contributed by atoms with Gasteiger partial charge >= 0.3 is 0 Å². The number of benzene rings is 2. The zero-order valence-electron chi connectivity index (χ0n) is 14.0. The van der Waals surface area contributed by atoms with E-state index in [-0.39, 0.29) is 5.91 Å². The molecule has 5 nitrogen and oxygen atoms in total. The Labute approximate surface area is 146 Å². The second-order valence-corrected chi connectivity index (χ2v) is 5.59. The smallest absolute Gasteiger partial charge is 0.251 e. The quantitative estimate of drug-likeness (QED) is 0.703. The van der Waals surface area contributed by atoms with Gasteiger partial charge in [0.05, 0.1) is 12.2 Å². The van der Waals surface area contributed by atoms with Crippen molar-refractivity contribution in [2.24, 2.45) is 0 Å². The Morgan fingerprint density at radius 2 is 1.72 bits per heavy atom. The molecule has 0 bridgehead atoms. The van der Waals surface area contributed by atoms with Gasteiger partial charge in [0.15, 0.2) is 0 Å². The summed E-state index contributed by atoms with van der Waals surface area (Å²) in [6.45, 7) is 2.77. The highest BCUT2D eigenvalue weighted by atomic mass is 16.5. The third kappa shape index (κ3) is 4.64. The predicted molar refractivity (Wildman–Crippen MR) is 96.5 cm³/mol. The van der Waals surface area contributed by atoms with Crippen LogP contribution in [0.2, 0.25) is 0 Å². The number of nitrogens with one attached hydrogen (secondary N) is 1. The summed E-state index contributed by atoms with van der Waals surface area (Å²) in [6, 6.07) is 20.8. The maximum atomic E-state index is 11.9. The number of nitrogens with zero attached hydrogens (tertiary/aromatic N) is 2.